The highest BCUT2D eigenvalue weighted by Crippen LogP contribution is 2.23. The molecule has 16 heavy (non-hydrogen) atoms. The van der Waals surface area contributed by atoms with Crippen LogP contribution in [0.4, 0.5) is 5.69 Å². The lowest BCUT2D eigenvalue weighted by Gasteiger charge is -2.30. The predicted octanol–water partition coefficient (Wildman–Crippen LogP) is 1.37. The number of benzene rings is 1. The molecule has 0 amide bonds. The number of β-amino-alcohol motifs (C(OH)–C–C–N with tert-alkyl or cyclic N) is 1. The normalized spacial score (nSPS) is 16.8. The van der Waals surface area contributed by atoms with Gasteiger partial charge < -0.3 is 15.3 Å². The third-order valence-corrected chi connectivity index (χ3v) is 2.78. The van der Waals surface area contributed by atoms with E-state index >= 15 is 0 Å². The summed E-state index contributed by atoms with van der Waals surface area (Å²) in [6.45, 7) is 7.21. The minimum Gasteiger partial charge on any atom is -0.389 e. The summed E-state index contributed by atoms with van der Waals surface area (Å²) in [5.41, 5.74) is 1.90. The molecule has 0 bridgehead atoms. The van der Waals surface area contributed by atoms with Gasteiger partial charge in [0.15, 0.2) is 0 Å². The molecular weight excluding hydrogens is 200 g/mol. The van der Waals surface area contributed by atoms with Crippen molar-refractivity contribution in [2.24, 2.45) is 0 Å². The first-order chi connectivity index (χ1) is 7.56. The lowest BCUT2D eigenvalue weighted by Crippen LogP contribution is -2.40. The molecule has 1 aliphatic heterocycles. The molecule has 1 heterocycles. The van der Waals surface area contributed by atoms with Crippen molar-refractivity contribution in [3.8, 4) is 0 Å². The van der Waals surface area contributed by atoms with Crippen molar-refractivity contribution in [3.63, 3.8) is 0 Å². The number of para-hydroxylation sites is 1. The zero-order valence-corrected chi connectivity index (χ0v) is 10.0. The average molecular weight is 220 g/mol. The van der Waals surface area contributed by atoms with E-state index in [9.17, 15) is 5.11 Å². The van der Waals surface area contributed by atoms with Crippen LogP contribution in [-0.2, 0) is 6.54 Å². The molecule has 0 spiro atoms. The highest BCUT2D eigenvalue weighted by Gasteiger charge is 2.21. The summed E-state index contributed by atoms with van der Waals surface area (Å²) in [7, 11) is 0. The first-order valence-corrected chi connectivity index (χ1v) is 5.82. The summed E-state index contributed by atoms with van der Waals surface area (Å²) in [5.74, 6) is 0. The Kier molecular flexibility index (Phi) is 3.17. The Balaban J connectivity index is 2.26. The average Bonchev–Trinajstić information content (AvgIpc) is 2.39. The Hall–Kier alpha value is -1.06. The maximum atomic E-state index is 9.93. The highest BCUT2D eigenvalue weighted by molar-refractivity contribution is 5.54. The Morgan fingerprint density at radius 3 is 2.88 bits per heavy atom. The van der Waals surface area contributed by atoms with Crippen molar-refractivity contribution in [3.05, 3.63) is 29.8 Å². The number of aliphatic hydroxyl groups is 1. The Bertz CT molecular complexity index is 357. The van der Waals surface area contributed by atoms with Gasteiger partial charge in [0, 0.05) is 31.9 Å². The number of nitrogens with zero attached hydrogens (tertiary/aromatic N) is 1. The van der Waals surface area contributed by atoms with E-state index in [1.807, 2.05) is 13.8 Å². The van der Waals surface area contributed by atoms with Crippen molar-refractivity contribution in [1.29, 1.82) is 0 Å². The third-order valence-electron chi connectivity index (χ3n) is 2.78. The van der Waals surface area contributed by atoms with E-state index < -0.39 is 5.60 Å². The van der Waals surface area contributed by atoms with Crippen LogP contribution in [0, 0.1) is 0 Å². The molecule has 0 unspecified atom stereocenters. The van der Waals surface area contributed by atoms with Crippen LogP contribution >= 0.6 is 0 Å². The number of hydrogen-bond donors (Lipinski definition) is 2. The molecule has 0 fully saturated rings. The fourth-order valence-corrected chi connectivity index (χ4v) is 2.16. The Morgan fingerprint density at radius 2 is 2.12 bits per heavy atom. The van der Waals surface area contributed by atoms with Crippen molar-refractivity contribution in [1.82, 2.24) is 5.32 Å². The molecule has 2 N–H and O–H groups in total. The molecule has 1 aliphatic rings. The lowest BCUT2D eigenvalue weighted by atomic mass is 10.1. The van der Waals surface area contributed by atoms with E-state index in [0.717, 1.165) is 19.6 Å². The molecule has 0 saturated carbocycles. The van der Waals surface area contributed by atoms with Crippen LogP contribution in [0.1, 0.15) is 19.4 Å². The minimum atomic E-state index is -0.655. The quantitative estimate of drug-likeness (QED) is 0.790. The number of nitrogens with one attached hydrogen (secondary N) is 1. The van der Waals surface area contributed by atoms with Gasteiger partial charge >= 0.3 is 0 Å². The number of rotatable bonds is 2. The number of fused-ring (bicyclic) bond motifs is 1. The van der Waals surface area contributed by atoms with Gasteiger partial charge in [0.05, 0.1) is 5.60 Å². The SMILES string of the molecule is CC(C)(O)CN1CCNCc2ccccc21. The summed E-state index contributed by atoms with van der Waals surface area (Å²) in [5, 5.41) is 13.3. The van der Waals surface area contributed by atoms with Crippen LogP contribution < -0.4 is 10.2 Å². The lowest BCUT2D eigenvalue weighted by molar-refractivity contribution is 0.0875. The van der Waals surface area contributed by atoms with Gasteiger partial charge in [-0.15, -0.1) is 0 Å². The van der Waals surface area contributed by atoms with Crippen LogP contribution in [0.2, 0.25) is 0 Å². The zero-order valence-electron chi connectivity index (χ0n) is 10.0. The van der Waals surface area contributed by atoms with Crippen LogP contribution in [0.15, 0.2) is 24.3 Å². The second-order valence-corrected chi connectivity index (χ2v) is 5.04. The molecule has 3 nitrogen and oxygen atoms in total. The maximum Gasteiger partial charge on any atom is 0.0765 e. The minimum absolute atomic E-state index is 0.655. The summed E-state index contributed by atoms with van der Waals surface area (Å²) in [6.07, 6.45) is 0. The largest absolute Gasteiger partial charge is 0.389 e. The van der Waals surface area contributed by atoms with E-state index in [1.54, 1.807) is 0 Å². The van der Waals surface area contributed by atoms with Gasteiger partial charge in [0.25, 0.3) is 0 Å². The molecule has 0 saturated heterocycles. The molecule has 2 rings (SSSR count). The van der Waals surface area contributed by atoms with Crippen LogP contribution in [0.5, 0.6) is 0 Å². The number of anilines is 1. The van der Waals surface area contributed by atoms with Crippen LogP contribution in [-0.4, -0.2) is 30.3 Å². The van der Waals surface area contributed by atoms with E-state index in [1.165, 1.54) is 11.3 Å². The van der Waals surface area contributed by atoms with Gasteiger partial charge in [-0.3, -0.25) is 0 Å². The Morgan fingerprint density at radius 1 is 1.38 bits per heavy atom. The summed E-state index contributed by atoms with van der Waals surface area (Å²) < 4.78 is 0. The molecule has 1 aromatic rings. The standard InChI is InChI=1S/C13H20N2O/c1-13(2,16)10-15-8-7-14-9-11-5-3-4-6-12(11)15/h3-6,14,16H,7-10H2,1-2H3. The molecular formula is C13H20N2O. The molecule has 0 atom stereocenters. The first-order valence-electron chi connectivity index (χ1n) is 5.82. The second-order valence-electron chi connectivity index (χ2n) is 5.04. The van der Waals surface area contributed by atoms with E-state index in [4.69, 9.17) is 0 Å². The smallest absolute Gasteiger partial charge is 0.0765 e. The van der Waals surface area contributed by atoms with Crippen molar-refractivity contribution in [2.45, 2.75) is 26.0 Å². The maximum absolute atomic E-state index is 9.93. The van der Waals surface area contributed by atoms with Crippen LogP contribution in [0.25, 0.3) is 0 Å². The van der Waals surface area contributed by atoms with Crippen molar-refractivity contribution >= 4 is 5.69 Å². The van der Waals surface area contributed by atoms with E-state index in [0.29, 0.717) is 6.54 Å². The summed E-state index contributed by atoms with van der Waals surface area (Å²) in [6, 6.07) is 8.40. The number of hydrogen-bond acceptors (Lipinski definition) is 3. The zero-order chi connectivity index (χ0) is 11.6. The molecule has 1 aromatic carbocycles. The monoisotopic (exact) mass is 220 g/mol. The summed E-state index contributed by atoms with van der Waals surface area (Å²) in [4.78, 5) is 2.26. The fourth-order valence-electron chi connectivity index (χ4n) is 2.16. The van der Waals surface area contributed by atoms with Crippen molar-refractivity contribution in [2.75, 3.05) is 24.5 Å². The fraction of sp³-hybridized carbons (Fsp3) is 0.538. The van der Waals surface area contributed by atoms with Gasteiger partial charge in [0.1, 0.15) is 0 Å². The van der Waals surface area contributed by atoms with E-state index in [-0.39, 0.29) is 0 Å². The molecule has 0 aliphatic carbocycles. The molecule has 3 heteroatoms. The van der Waals surface area contributed by atoms with Gasteiger partial charge in [-0.2, -0.15) is 0 Å². The topological polar surface area (TPSA) is 35.5 Å². The second kappa shape index (κ2) is 4.44. The van der Waals surface area contributed by atoms with E-state index in [2.05, 4.69) is 34.5 Å². The predicted molar refractivity (Wildman–Crippen MR) is 66.7 cm³/mol. The van der Waals surface area contributed by atoms with Gasteiger partial charge in [-0.25, -0.2) is 0 Å². The molecule has 0 radical (unpaired) electrons. The van der Waals surface area contributed by atoms with Crippen molar-refractivity contribution < 1.29 is 5.11 Å². The van der Waals surface area contributed by atoms with Gasteiger partial charge in [0.2, 0.25) is 0 Å². The summed E-state index contributed by atoms with van der Waals surface area (Å²) >= 11 is 0. The highest BCUT2D eigenvalue weighted by atomic mass is 16.3. The van der Waals surface area contributed by atoms with Gasteiger partial charge in [-0.05, 0) is 25.5 Å². The molecule has 88 valence electrons. The first kappa shape index (κ1) is 11.4. The Labute approximate surface area is 97.1 Å². The van der Waals surface area contributed by atoms with Gasteiger partial charge in [-0.1, -0.05) is 18.2 Å². The molecule has 0 aromatic heterocycles. The van der Waals surface area contributed by atoms with Crippen LogP contribution in [0.3, 0.4) is 0 Å². The third kappa shape index (κ3) is 2.74.